The van der Waals surface area contributed by atoms with Crippen LogP contribution in [0.2, 0.25) is 0 Å². The lowest BCUT2D eigenvalue weighted by molar-refractivity contribution is -0.138. The predicted octanol–water partition coefficient (Wildman–Crippen LogP) is -0.608. The Morgan fingerprint density at radius 2 is 2.25 bits per heavy atom. The number of carbonyl (C=O) groups excluding carboxylic acids is 1. The number of terminal acetylenes is 1. The Labute approximate surface area is 70.1 Å². The topological polar surface area (TPSA) is 78.4 Å². The van der Waals surface area contributed by atoms with Gasteiger partial charge in [-0.15, -0.1) is 6.42 Å². The van der Waals surface area contributed by atoms with Crippen molar-refractivity contribution in [3.8, 4) is 12.3 Å². The molecule has 66 valence electrons. The van der Waals surface area contributed by atoms with Gasteiger partial charge in [-0.05, 0) is 6.92 Å². The van der Waals surface area contributed by atoms with E-state index in [0.717, 1.165) is 0 Å². The summed E-state index contributed by atoms with van der Waals surface area (Å²) in [6.07, 6.45) is 4.86. The van der Waals surface area contributed by atoms with E-state index in [2.05, 4.69) is 16.6 Å². The number of aliphatic carboxylic acids is 1. The minimum Gasteiger partial charge on any atom is -0.480 e. The molecule has 0 aliphatic rings. The average molecular weight is 170 g/mol. The third-order valence-electron chi connectivity index (χ3n) is 1.07. The molecule has 12 heavy (non-hydrogen) atoms. The first-order chi connectivity index (χ1) is 5.57. The summed E-state index contributed by atoms with van der Waals surface area (Å²) in [4.78, 5) is 21.0. The molecule has 0 aliphatic heterocycles. The Kier molecular flexibility index (Phi) is 4.31. The van der Waals surface area contributed by atoms with Crippen LogP contribution >= 0.6 is 0 Å². The van der Waals surface area contributed by atoms with E-state index in [4.69, 9.17) is 11.5 Å². The highest BCUT2D eigenvalue weighted by atomic mass is 16.4. The van der Waals surface area contributed by atoms with Crippen molar-refractivity contribution in [1.82, 2.24) is 10.6 Å². The van der Waals surface area contributed by atoms with Crippen LogP contribution in [0.25, 0.3) is 0 Å². The second kappa shape index (κ2) is 5.02. The Balaban J connectivity index is 3.71. The van der Waals surface area contributed by atoms with Crippen LogP contribution in [0.1, 0.15) is 6.92 Å². The summed E-state index contributed by atoms with van der Waals surface area (Å²) in [5.74, 6) is 1.09. The summed E-state index contributed by atoms with van der Waals surface area (Å²) >= 11 is 0. The van der Waals surface area contributed by atoms with Crippen molar-refractivity contribution >= 4 is 12.0 Å². The first-order valence-electron chi connectivity index (χ1n) is 3.28. The summed E-state index contributed by atoms with van der Waals surface area (Å²) in [5, 5.41) is 12.8. The fourth-order valence-electron chi connectivity index (χ4n) is 0.441. The van der Waals surface area contributed by atoms with Crippen LogP contribution in [-0.4, -0.2) is 29.7 Å². The maximum atomic E-state index is 10.7. The zero-order valence-electron chi connectivity index (χ0n) is 6.63. The number of carbonyl (C=O) groups is 2. The molecule has 0 aromatic heterocycles. The number of hydrogen-bond acceptors (Lipinski definition) is 2. The van der Waals surface area contributed by atoms with Gasteiger partial charge in [-0.25, -0.2) is 4.79 Å². The maximum Gasteiger partial charge on any atom is 0.325 e. The van der Waals surface area contributed by atoms with Gasteiger partial charge in [0.15, 0.2) is 0 Å². The molecule has 0 saturated carbocycles. The Hall–Kier alpha value is -1.70. The molecule has 0 spiro atoms. The fraction of sp³-hybridized carbons (Fsp3) is 0.429. The van der Waals surface area contributed by atoms with Crippen molar-refractivity contribution in [3.63, 3.8) is 0 Å². The summed E-state index contributed by atoms with van der Waals surface area (Å²) in [7, 11) is 0. The van der Waals surface area contributed by atoms with Crippen LogP contribution < -0.4 is 10.6 Å². The average Bonchev–Trinajstić information content (AvgIpc) is 2.00. The normalized spacial score (nSPS) is 11.0. The van der Waals surface area contributed by atoms with Crippen LogP contribution in [-0.2, 0) is 4.79 Å². The van der Waals surface area contributed by atoms with Gasteiger partial charge in [-0.3, -0.25) is 4.79 Å². The molecule has 0 saturated heterocycles. The lowest BCUT2D eigenvalue weighted by atomic mass is 10.3. The molecule has 0 aromatic rings. The molecule has 0 aliphatic carbocycles. The molecule has 1 atom stereocenters. The van der Waals surface area contributed by atoms with Gasteiger partial charge in [-0.1, -0.05) is 5.92 Å². The molecule has 3 N–H and O–H groups in total. The van der Waals surface area contributed by atoms with Crippen molar-refractivity contribution in [2.75, 3.05) is 6.54 Å². The molecule has 0 rings (SSSR count). The molecule has 0 bridgehead atoms. The summed E-state index contributed by atoms with van der Waals surface area (Å²) in [6.45, 7) is 1.44. The summed E-state index contributed by atoms with van der Waals surface area (Å²) < 4.78 is 0. The highest BCUT2D eigenvalue weighted by Crippen LogP contribution is 1.79. The molecule has 2 amide bonds. The van der Waals surface area contributed by atoms with Crippen LogP contribution in [0, 0.1) is 12.3 Å². The van der Waals surface area contributed by atoms with Gasteiger partial charge in [0, 0.05) is 0 Å². The number of carboxylic acids is 1. The number of nitrogens with one attached hydrogen (secondary N) is 2. The van der Waals surface area contributed by atoms with Crippen molar-refractivity contribution in [1.29, 1.82) is 0 Å². The smallest absolute Gasteiger partial charge is 0.325 e. The second-order valence-electron chi connectivity index (χ2n) is 2.09. The summed E-state index contributed by atoms with van der Waals surface area (Å²) in [5.41, 5.74) is 0. The van der Waals surface area contributed by atoms with Crippen molar-refractivity contribution in [2.45, 2.75) is 13.0 Å². The third-order valence-corrected chi connectivity index (χ3v) is 1.07. The van der Waals surface area contributed by atoms with Gasteiger partial charge in [0.05, 0.1) is 6.54 Å². The van der Waals surface area contributed by atoms with Crippen molar-refractivity contribution in [2.24, 2.45) is 0 Å². The molecule has 0 heterocycles. The third kappa shape index (κ3) is 4.17. The molecule has 0 unspecified atom stereocenters. The van der Waals surface area contributed by atoms with Crippen molar-refractivity contribution < 1.29 is 14.7 Å². The molecular formula is C7H10N2O3. The van der Waals surface area contributed by atoms with Crippen LogP contribution in [0.15, 0.2) is 0 Å². The fourth-order valence-corrected chi connectivity index (χ4v) is 0.441. The highest BCUT2D eigenvalue weighted by molar-refractivity contribution is 5.82. The van der Waals surface area contributed by atoms with E-state index in [9.17, 15) is 9.59 Å². The van der Waals surface area contributed by atoms with E-state index in [0.29, 0.717) is 0 Å². The monoisotopic (exact) mass is 170 g/mol. The SMILES string of the molecule is C#CCNC(=O)N[C@H](C)C(=O)O. The summed E-state index contributed by atoms with van der Waals surface area (Å²) in [6, 6.07) is -1.49. The van der Waals surface area contributed by atoms with Gasteiger partial charge < -0.3 is 15.7 Å². The Bertz CT molecular complexity index is 219. The minimum absolute atomic E-state index is 0.0815. The van der Waals surface area contributed by atoms with Crippen LogP contribution in [0.4, 0.5) is 4.79 Å². The van der Waals surface area contributed by atoms with E-state index in [-0.39, 0.29) is 6.54 Å². The Morgan fingerprint density at radius 3 is 2.67 bits per heavy atom. The number of amides is 2. The lowest BCUT2D eigenvalue weighted by Gasteiger charge is -2.08. The van der Waals surface area contributed by atoms with E-state index < -0.39 is 18.0 Å². The molecule has 0 aromatic carbocycles. The van der Waals surface area contributed by atoms with Gasteiger partial charge in [0.2, 0.25) is 0 Å². The van der Waals surface area contributed by atoms with Gasteiger partial charge >= 0.3 is 12.0 Å². The second-order valence-corrected chi connectivity index (χ2v) is 2.09. The quantitative estimate of drug-likeness (QED) is 0.494. The number of urea groups is 1. The maximum absolute atomic E-state index is 10.7. The van der Waals surface area contributed by atoms with E-state index in [1.807, 2.05) is 0 Å². The molecular weight excluding hydrogens is 160 g/mol. The molecule has 0 fully saturated rings. The van der Waals surface area contributed by atoms with Gasteiger partial charge in [-0.2, -0.15) is 0 Å². The zero-order valence-corrected chi connectivity index (χ0v) is 6.63. The van der Waals surface area contributed by atoms with E-state index >= 15 is 0 Å². The Morgan fingerprint density at radius 1 is 1.67 bits per heavy atom. The highest BCUT2D eigenvalue weighted by Gasteiger charge is 2.12. The predicted molar refractivity (Wildman–Crippen MR) is 42.5 cm³/mol. The molecule has 5 nitrogen and oxygen atoms in total. The number of carboxylic acid groups (broad SMARTS) is 1. The molecule has 0 radical (unpaired) electrons. The lowest BCUT2D eigenvalue weighted by Crippen LogP contribution is -2.44. The van der Waals surface area contributed by atoms with E-state index in [1.54, 1.807) is 0 Å². The zero-order chi connectivity index (χ0) is 9.56. The van der Waals surface area contributed by atoms with Gasteiger partial charge in [0.1, 0.15) is 6.04 Å². The minimum atomic E-state index is -1.09. The first kappa shape index (κ1) is 10.3. The standard InChI is InChI=1S/C7H10N2O3/c1-3-4-8-7(12)9-5(2)6(10)11/h1,5H,4H2,2H3,(H,10,11)(H2,8,9,12)/t5-/m1/s1. The number of rotatable bonds is 3. The van der Waals surface area contributed by atoms with E-state index in [1.165, 1.54) is 6.92 Å². The number of hydrogen-bond donors (Lipinski definition) is 3. The first-order valence-corrected chi connectivity index (χ1v) is 3.28. The van der Waals surface area contributed by atoms with Crippen LogP contribution in [0.5, 0.6) is 0 Å². The largest absolute Gasteiger partial charge is 0.480 e. The molecule has 5 heteroatoms. The van der Waals surface area contributed by atoms with Gasteiger partial charge in [0.25, 0.3) is 0 Å². The van der Waals surface area contributed by atoms with Crippen LogP contribution in [0.3, 0.4) is 0 Å². The van der Waals surface area contributed by atoms with Crippen molar-refractivity contribution in [3.05, 3.63) is 0 Å².